The van der Waals surface area contributed by atoms with Crippen LogP contribution in [0.1, 0.15) is 42.7 Å². The molecule has 1 N–H and O–H groups in total. The van der Waals surface area contributed by atoms with E-state index in [2.05, 4.69) is 4.98 Å². The van der Waals surface area contributed by atoms with Crippen LogP contribution in [0.25, 0.3) is 0 Å². The van der Waals surface area contributed by atoms with E-state index >= 15 is 0 Å². The number of halogens is 1. The van der Waals surface area contributed by atoms with Gasteiger partial charge in [-0.25, -0.2) is 0 Å². The Bertz CT molecular complexity index is 516. The number of carbonyl (C=O) groups excluding carboxylic acids is 1. The fourth-order valence-electron chi connectivity index (χ4n) is 1.96. The van der Waals surface area contributed by atoms with Gasteiger partial charge in [0.1, 0.15) is 5.56 Å². The van der Waals surface area contributed by atoms with E-state index in [1.807, 2.05) is 13.8 Å². The van der Waals surface area contributed by atoms with Crippen LogP contribution in [-0.4, -0.2) is 28.9 Å². The molecule has 1 aromatic rings. The van der Waals surface area contributed by atoms with Crippen molar-refractivity contribution in [3.05, 3.63) is 33.7 Å². The van der Waals surface area contributed by atoms with Crippen molar-refractivity contribution in [1.29, 1.82) is 0 Å². The number of pyridine rings is 1. The van der Waals surface area contributed by atoms with Crippen LogP contribution < -0.4 is 5.56 Å². The van der Waals surface area contributed by atoms with Gasteiger partial charge in [0, 0.05) is 18.8 Å². The van der Waals surface area contributed by atoms with E-state index in [-0.39, 0.29) is 17.0 Å². The van der Waals surface area contributed by atoms with E-state index < -0.39 is 4.87 Å². The fourth-order valence-corrected chi connectivity index (χ4v) is 2.17. The van der Waals surface area contributed by atoms with Crippen LogP contribution in [0.4, 0.5) is 0 Å². The third-order valence-electron chi connectivity index (χ3n) is 3.36. The smallest absolute Gasteiger partial charge is 0.261 e. The molecule has 1 aliphatic rings. The summed E-state index contributed by atoms with van der Waals surface area (Å²) >= 11 is 6.23. The topological polar surface area (TPSA) is 53.2 Å². The number of nitrogens with zero attached hydrogens (tertiary/aromatic N) is 1. The van der Waals surface area contributed by atoms with Gasteiger partial charge in [-0.1, -0.05) is 0 Å². The summed E-state index contributed by atoms with van der Waals surface area (Å²) < 4.78 is 0. The number of amides is 1. The monoisotopic (exact) mass is 268 g/mol. The van der Waals surface area contributed by atoms with Crippen molar-refractivity contribution in [3.63, 3.8) is 0 Å². The van der Waals surface area contributed by atoms with Crippen LogP contribution in [0.15, 0.2) is 16.9 Å². The molecule has 0 spiro atoms. The van der Waals surface area contributed by atoms with Crippen molar-refractivity contribution in [2.45, 2.75) is 31.6 Å². The minimum absolute atomic E-state index is 0.184. The van der Waals surface area contributed by atoms with Gasteiger partial charge in [0.05, 0.1) is 4.87 Å². The van der Waals surface area contributed by atoms with Crippen LogP contribution in [0.3, 0.4) is 0 Å². The lowest BCUT2D eigenvalue weighted by atomic mass is 10.2. The number of alkyl halides is 1. The minimum atomic E-state index is -0.407. The molecule has 0 saturated heterocycles. The first-order valence-corrected chi connectivity index (χ1v) is 6.61. The summed E-state index contributed by atoms with van der Waals surface area (Å²) in [6.07, 6.45) is 1.74. The van der Waals surface area contributed by atoms with E-state index in [1.165, 1.54) is 0 Å². The Labute approximate surface area is 111 Å². The molecule has 2 rings (SSSR count). The number of hydrogen-bond acceptors (Lipinski definition) is 2. The second-order valence-corrected chi connectivity index (χ2v) is 5.28. The molecule has 18 heavy (non-hydrogen) atoms. The van der Waals surface area contributed by atoms with Gasteiger partial charge >= 0.3 is 0 Å². The molecule has 0 aromatic carbocycles. The molecule has 0 atom stereocenters. The molecule has 0 bridgehead atoms. The Balaban J connectivity index is 2.30. The molecule has 0 unspecified atom stereocenters. The summed E-state index contributed by atoms with van der Waals surface area (Å²) in [4.78, 5) is 28.0. The number of nitrogens with one attached hydrogen (secondary N) is 1. The van der Waals surface area contributed by atoms with Gasteiger partial charge in [0.25, 0.3) is 11.5 Å². The molecule has 98 valence electrons. The number of H-pyrrole nitrogens is 1. The van der Waals surface area contributed by atoms with Crippen molar-refractivity contribution in [2.24, 2.45) is 0 Å². The van der Waals surface area contributed by atoms with Gasteiger partial charge in [0.15, 0.2) is 0 Å². The zero-order valence-corrected chi connectivity index (χ0v) is 11.4. The third kappa shape index (κ3) is 2.29. The molecule has 1 saturated carbocycles. The Morgan fingerprint density at radius 3 is 2.44 bits per heavy atom. The van der Waals surface area contributed by atoms with Crippen LogP contribution in [0.2, 0.25) is 0 Å². The van der Waals surface area contributed by atoms with Crippen LogP contribution in [0.5, 0.6) is 0 Å². The highest BCUT2D eigenvalue weighted by atomic mass is 35.5. The molecule has 0 aliphatic heterocycles. The average Bonchev–Trinajstić information content (AvgIpc) is 3.10. The molecule has 1 aliphatic carbocycles. The van der Waals surface area contributed by atoms with Gasteiger partial charge in [-0.2, -0.15) is 0 Å². The van der Waals surface area contributed by atoms with Crippen LogP contribution in [-0.2, 0) is 4.87 Å². The van der Waals surface area contributed by atoms with Gasteiger partial charge < -0.3 is 9.88 Å². The number of rotatable bonds is 4. The number of aromatic nitrogens is 1. The summed E-state index contributed by atoms with van der Waals surface area (Å²) in [5.41, 5.74) is 0.546. The van der Waals surface area contributed by atoms with Crippen LogP contribution in [0, 0.1) is 0 Å². The highest BCUT2D eigenvalue weighted by Gasteiger charge is 2.43. The molecule has 1 amide bonds. The zero-order chi connectivity index (χ0) is 13.3. The summed E-state index contributed by atoms with van der Waals surface area (Å²) in [6, 6.07) is 3.33. The number of hydrogen-bond donors (Lipinski definition) is 1. The lowest BCUT2D eigenvalue weighted by Gasteiger charge is -2.18. The Hall–Kier alpha value is -1.29. The predicted molar refractivity (Wildman–Crippen MR) is 71.1 cm³/mol. The fraction of sp³-hybridized carbons (Fsp3) is 0.538. The van der Waals surface area contributed by atoms with Gasteiger partial charge in [-0.15, -0.1) is 11.6 Å². The molecule has 5 heteroatoms. The largest absolute Gasteiger partial charge is 0.339 e. The quantitative estimate of drug-likeness (QED) is 0.850. The van der Waals surface area contributed by atoms with Crippen molar-refractivity contribution in [3.8, 4) is 0 Å². The Morgan fingerprint density at radius 2 is 2.00 bits per heavy atom. The van der Waals surface area contributed by atoms with E-state index in [9.17, 15) is 9.59 Å². The predicted octanol–water partition coefficient (Wildman–Crippen LogP) is 2.08. The van der Waals surface area contributed by atoms with Crippen molar-refractivity contribution < 1.29 is 4.79 Å². The summed E-state index contributed by atoms with van der Waals surface area (Å²) in [6.45, 7) is 4.97. The molecular formula is C13H17ClN2O2. The highest BCUT2D eigenvalue weighted by Crippen LogP contribution is 2.50. The minimum Gasteiger partial charge on any atom is -0.339 e. The molecule has 1 aromatic heterocycles. The van der Waals surface area contributed by atoms with E-state index in [0.717, 1.165) is 12.8 Å². The molecule has 1 heterocycles. The van der Waals surface area contributed by atoms with Crippen molar-refractivity contribution >= 4 is 17.5 Å². The van der Waals surface area contributed by atoms with Crippen molar-refractivity contribution in [2.75, 3.05) is 13.1 Å². The maximum atomic E-state index is 12.1. The molecule has 1 fully saturated rings. The second-order valence-electron chi connectivity index (χ2n) is 4.56. The number of aromatic amines is 1. The van der Waals surface area contributed by atoms with E-state index in [1.54, 1.807) is 17.0 Å². The van der Waals surface area contributed by atoms with Gasteiger partial charge in [0.2, 0.25) is 0 Å². The summed E-state index contributed by atoms with van der Waals surface area (Å²) in [5.74, 6) is -0.229. The first kappa shape index (κ1) is 13.1. The van der Waals surface area contributed by atoms with Crippen LogP contribution >= 0.6 is 11.6 Å². The molecular weight excluding hydrogens is 252 g/mol. The lowest BCUT2D eigenvalue weighted by molar-refractivity contribution is 0.0771. The first-order chi connectivity index (χ1) is 8.51. The maximum Gasteiger partial charge on any atom is 0.261 e. The highest BCUT2D eigenvalue weighted by molar-refractivity contribution is 6.25. The Morgan fingerprint density at radius 1 is 1.39 bits per heavy atom. The Kier molecular flexibility index (Phi) is 3.48. The summed E-state index contributed by atoms with van der Waals surface area (Å²) in [7, 11) is 0. The third-order valence-corrected chi connectivity index (χ3v) is 3.94. The first-order valence-electron chi connectivity index (χ1n) is 6.24. The maximum absolute atomic E-state index is 12.1. The molecule has 4 nitrogen and oxygen atoms in total. The van der Waals surface area contributed by atoms with E-state index in [4.69, 9.17) is 11.6 Å². The van der Waals surface area contributed by atoms with Gasteiger partial charge in [-0.05, 0) is 38.8 Å². The normalized spacial score (nSPS) is 16.4. The molecule has 0 radical (unpaired) electrons. The standard InChI is InChI=1S/C13H17ClN2O2/c1-3-16(4-2)12(18)9-5-6-10(15-11(9)17)13(14)7-8-13/h5-6H,3-4,7-8H2,1-2H3,(H,15,17). The second kappa shape index (κ2) is 4.76. The van der Waals surface area contributed by atoms with Gasteiger partial charge in [-0.3, -0.25) is 9.59 Å². The SMILES string of the molecule is CCN(CC)C(=O)c1ccc(C2(Cl)CC2)[nH]c1=O. The lowest BCUT2D eigenvalue weighted by Crippen LogP contribution is -2.34. The van der Waals surface area contributed by atoms with Crippen molar-refractivity contribution in [1.82, 2.24) is 9.88 Å². The zero-order valence-electron chi connectivity index (χ0n) is 10.6. The summed E-state index contributed by atoms with van der Waals surface area (Å²) in [5, 5.41) is 0. The van der Waals surface area contributed by atoms with E-state index in [0.29, 0.717) is 18.8 Å². The average molecular weight is 269 g/mol. The number of carbonyl (C=O) groups is 1.